The van der Waals surface area contributed by atoms with Crippen LogP contribution in [0.15, 0.2) is 47.0 Å². The van der Waals surface area contributed by atoms with Gasteiger partial charge in [-0.25, -0.2) is 9.37 Å². The molecule has 0 amide bonds. The summed E-state index contributed by atoms with van der Waals surface area (Å²) in [5.74, 6) is -0.657. The molecule has 0 aliphatic rings. The van der Waals surface area contributed by atoms with Crippen molar-refractivity contribution in [1.29, 1.82) is 0 Å². The van der Waals surface area contributed by atoms with Gasteiger partial charge in [0, 0.05) is 25.7 Å². The fourth-order valence-electron chi connectivity index (χ4n) is 2.76. The molecule has 3 aromatic heterocycles. The van der Waals surface area contributed by atoms with Crippen LogP contribution in [0.25, 0.3) is 22.5 Å². The highest BCUT2D eigenvalue weighted by Gasteiger charge is 2.23. The zero-order valence-corrected chi connectivity index (χ0v) is 17.3. The average Bonchev–Trinajstić information content (AvgIpc) is 3.20. The normalized spacial score (nSPS) is 11.9. The number of hydrogen-bond donors (Lipinski definition) is 2. The number of anilines is 1. The Bertz CT molecular complexity index is 1360. The summed E-state index contributed by atoms with van der Waals surface area (Å²) >= 11 is 0. The van der Waals surface area contributed by atoms with Gasteiger partial charge in [0.15, 0.2) is 17.3 Å². The Labute approximate surface area is 176 Å². The molecule has 0 unspecified atom stereocenters. The SMILES string of the molecule is CN(C)S(=O)(=O)Nc1nc(-c2nnc(Cc3ccc(F)cc3)o2)c(O)c2ncccc12. The van der Waals surface area contributed by atoms with Crippen LogP contribution in [-0.2, 0) is 16.6 Å². The second-order valence-electron chi connectivity index (χ2n) is 6.75. The highest BCUT2D eigenvalue weighted by molar-refractivity contribution is 7.90. The van der Waals surface area contributed by atoms with Crippen LogP contribution in [0.2, 0.25) is 0 Å². The van der Waals surface area contributed by atoms with Crippen LogP contribution in [0.3, 0.4) is 0 Å². The second kappa shape index (κ2) is 7.89. The summed E-state index contributed by atoms with van der Waals surface area (Å²) in [6.45, 7) is 0. The topological polar surface area (TPSA) is 134 Å². The molecule has 4 aromatic rings. The molecule has 0 saturated carbocycles. The Morgan fingerprint density at radius 1 is 1.16 bits per heavy atom. The van der Waals surface area contributed by atoms with E-state index < -0.39 is 10.2 Å². The lowest BCUT2D eigenvalue weighted by Gasteiger charge is -2.15. The van der Waals surface area contributed by atoms with E-state index in [1.165, 1.54) is 32.4 Å². The summed E-state index contributed by atoms with van der Waals surface area (Å²) in [5, 5.41) is 18.8. The van der Waals surface area contributed by atoms with E-state index in [4.69, 9.17) is 4.42 Å². The van der Waals surface area contributed by atoms with E-state index in [0.29, 0.717) is 5.39 Å². The largest absolute Gasteiger partial charge is 0.504 e. The number of aromatic nitrogens is 4. The van der Waals surface area contributed by atoms with Gasteiger partial charge in [0.25, 0.3) is 5.89 Å². The van der Waals surface area contributed by atoms with Gasteiger partial charge in [0.05, 0.1) is 6.42 Å². The molecule has 0 fully saturated rings. The van der Waals surface area contributed by atoms with Crippen LogP contribution in [0.4, 0.5) is 10.2 Å². The van der Waals surface area contributed by atoms with Crippen molar-refractivity contribution in [3.8, 4) is 17.3 Å². The fourth-order valence-corrected chi connectivity index (χ4v) is 3.34. The minimum Gasteiger partial charge on any atom is -0.504 e. The molecule has 31 heavy (non-hydrogen) atoms. The molecular weight excluding hydrogens is 427 g/mol. The molecule has 0 atom stereocenters. The third-order valence-electron chi connectivity index (χ3n) is 4.38. The standard InChI is InChI=1S/C19H17FN6O4S/c1-26(2)31(28,29)25-18-13-4-3-9-21-15(13)17(27)16(22-18)19-24-23-14(30-19)10-11-5-7-12(20)8-6-11/h3-9,27H,10H2,1-2H3,(H,22,25). The van der Waals surface area contributed by atoms with Gasteiger partial charge in [0.1, 0.15) is 11.3 Å². The molecule has 0 saturated heterocycles. The van der Waals surface area contributed by atoms with Crippen molar-refractivity contribution in [3.63, 3.8) is 0 Å². The Balaban J connectivity index is 1.76. The molecule has 0 spiro atoms. The van der Waals surface area contributed by atoms with Crippen molar-refractivity contribution < 1.29 is 22.3 Å². The van der Waals surface area contributed by atoms with Crippen LogP contribution in [0, 0.1) is 5.82 Å². The van der Waals surface area contributed by atoms with Crippen molar-refractivity contribution >= 4 is 26.9 Å². The fraction of sp³-hybridized carbons (Fsp3) is 0.158. The van der Waals surface area contributed by atoms with Crippen LogP contribution >= 0.6 is 0 Å². The first-order valence-electron chi connectivity index (χ1n) is 9.00. The third-order valence-corrected chi connectivity index (χ3v) is 5.79. The van der Waals surface area contributed by atoms with Crippen LogP contribution < -0.4 is 4.72 Å². The zero-order chi connectivity index (χ0) is 22.2. The smallest absolute Gasteiger partial charge is 0.302 e. The molecule has 0 radical (unpaired) electrons. The average molecular weight is 444 g/mol. The summed E-state index contributed by atoms with van der Waals surface area (Å²) < 4.78 is 46.7. The molecule has 160 valence electrons. The van der Waals surface area contributed by atoms with E-state index in [2.05, 4.69) is 24.9 Å². The van der Waals surface area contributed by atoms with Crippen molar-refractivity contribution in [2.75, 3.05) is 18.8 Å². The maximum absolute atomic E-state index is 13.1. The first-order chi connectivity index (χ1) is 14.7. The summed E-state index contributed by atoms with van der Waals surface area (Å²) in [5.41, 5.74) is 0.733. The van der Waals surface area contributed by atoms with E-state index in [9.17, 15) is 17.9 Å². The minimum atomic E-state index is -3.88. The quantitative estimate of drug-likeness (QED) is 0.463. The van der Waals surface area contributed by atoms with Gasteiger partial charge in [-0.15, -0.1) is 10.2 Å². The summed E-state index contributed by atoms with van der Waals surface area (Å²) in [6, 6.07) is 8.96. The molecule has 0 aliphatic heterocycles. The molecule has 1 aromatic carbocycles. The molecule has 0 bridgehead atoms. The number of halogens is 1. The lowest BCUT2D eigenvalue weighted by Crippen LogP contribution is -2.29. The van der Waals surface area contributed by atoms with Gasteiger partial charge < -0.3 is 9.52 Å². The van der Waals surface area contributed by atoms with Gasteiger partial charge in [-0.1, -0.05) is 12.1 Å². The number of hydrogen-bond acceptors (Lipinski definition) is 8. The third kappa shape index (κ3) is 4.15. The Hall–Kier alpha value is -3.64. The number of nitrogens with one attached hydrogen (secondary N) is 1. The molecular formula is C19H17FN6O4S. The van der Waals surface area contributed by atoms with Crippen LogP contribution in [0.1, 0.15) is 11.5 Å². The van der Waals surface area contributed by atoms with Gasteiger partial charge in [-0.05, 0) is 29.8 Å². The Kier molecular flexibility index (Phi) is 5.25. The zero-order valence-electron chi connectivity index (χ0n) is 16.4. The first-order valence-corrected chi connectivity index (χ1v) is 10.4. The predicted octanol–water partition coefficient (Wildman–Crippen LogP) is 2.33. The lowest BCUT2D eigenvalue weighted by molar-refractivity contribution is 0.471. The summed E-state index contributed by atoms with van der Waals surface area (Å²) in [6.07, 6.45) is 1.68. The van der Waals surface area contributed by atoms with Gasteiger partial charge >= 0.3 is 10.2 Å². The van der Waals surface area contributed by atoms with Gasteiger partial charge in [0.2, 0.25) is 5.89 Å². The summed E-state index contributed by atoms with van der Waals surface area (Å²) in [7, 11) is -1.15. The number of benzene rings is 1. The molecule has 10 nitrogen and oxygen atoms in total. The monoisotopic (exact) mass is 444 g/mol. The van der Waals surface area contributed by atoms with Crippen molar-refractivity contribution in [1.82, 2.24) is 24.5 Å². The lowest BCUT2D eigenvalue weighted by atomic mass is 10.1. The van der Waals surface area contributed by atoms with E-state index in [1.54, 1.807) is 24.3 Å². The van der Waals surface area contributed by atoms with E-state index in [-0.39, 0.29) is 46.8 Å². The molecule has 4 rings (SSSR count). The molecule has 0 aliphatic carbocycles. The number of aromatic hydroxyl groups is 1. The van der Waals surface area contributed by atoms with E-state index in [1.807, 2.05) is 0 Å². The first kappa shape index (κ1) is 20.6. The number of pyridine rings is 2. The predicted molar refractivity (Wildman–Crippen MR) is 110 cm³/mol. The highest BCUT2D eigenvalue weighted by atomic mass is 32.2. The van der Waals surface area contributed by atoms with Crippen LogP contribution in [-0.4, -0.2) is 52.1 Å². The molecule has 12 heteroatoms. The molecule has 2 N–H and O–H groups in total. The van der Waals surface area contributed by atoms with Crippen molar-refractivity contribution in [2.45, 2.75) is 6.42 Å². The maximum atomic E-state index is 13.1. The second-order valence-corrected chi connectivity index (χ2v) is 8.64. The van der Waals surface area contributed by atoms with Gasteiger partial charge in [-0.3, -0.25) is 9.71 Å². The van der Waals surface area contributed by atoms with Gasteiger partial charge in [-0.2, -0.15) is 12.7 Å². The Morgan fingerprint density at radius 2 is 1.90 bits per heavy atom. The van der Waals surface area contributed by atoms with E-state index >= 15 is 0 Å². The van der Waals surface area contributed by atoms with E-state index in [0.717, 1.165) is 9.87 Å². The van der Waals surface area contributed by atoms with Crippen molar-refractivity contribution in [2.24, 2.45) is 0 Å². The number of rotatable bonds is 6. The highest BCUT2D eigenvalue weighted by Crippen LogP contribution is 2.36. The number of nitrogens with zero attached hydrogens (tertiary/aromatic N) is 5. The number of fused-ring (bicyclic) bond motifs is 1. The Morgan fingerprint density at radius 3 is 2.61 bits per heavy atom. The summed E-state index contributed by atoms with van der Waals surface area (Å²) in [4.78, 5) is 8.34. The maximum Gasteiger partial charge on any atom is 0.302 e. The van der Waals surface area contributed by atoms with Crippen molar-refractivity contribution in [3.05, 3.63) is 59.9 Å². The molecule has 3 heterocycles. The van der Waals surface area contributed by atoms with Crippen LogP contribution in [0.5, 0.6) is 5.75 Å². The minimum absolute atomic E-state index is 0.0529.